The summed E-state index contributed by atoms with van der Waals surface area (Å²) in [4.78, 5) is 0. The van der Waals surface area contributed by atoms with Crippen LogP contribution in [-0.2, 0) is 5.41 Å². The molecule has 2 fully saturated rings. The Morgan fingerprint density at radius 1 is 1.16 bits per heavy atom. The van der Waals surface area contributed by atoms with Gasteiger partial charge in [0.25, 0.3) is 0 Å². The molecule has 0 spiro atoms. The van der Waals surface area contributed by atoms with E-state index in [0.717, 1.165) is 18.9 Å². The van der Waals surface area contributed by atoms with Crippen LogP contribution in [0.25, 0.3) is 0 Å². The van der Waals surface area contributed by atoms with Crippen LogP contribution in [0.15, 0.2) is 0 Å². The van der Waals surface area contributed by atoms with E-state index in [1.54, 1.807) is 0 Å². The Hall–Kier alpha value is -0.900. The summed E-state index contributed by atoms with van der Waals surface area (Å²) >= 11 is 0. The normalized spacial score (nSPS) is 29.6. The molecule has 1 aromatic rings. The molecule has 1 saturated heterocycles. The monoisotopic (exact) mass is 262 g/mol. The van der Waals surface area contributed by atoms with Gasteiger partial charge in [0.1, 0.15) is 11.6 Å². The summed E-state index contributed by atoms with van der Waals surface area (Å²) in [5.74, 6) is 2.33. The third-order valence-electron chi connectivity index (χ3n) is 4.94. The first-order valence-corrected chi connectivity index (χ1v) is 7.83. The maximum absolute atomic E-state index is 4.56. The summed E-state index contributed by atoms with van der Waals surface area (Å²) in [6.45, 7) is 6.65. The van der Waals surface area contributed by atoms with Gasteiger partial charge in [-0.15, -0.1) is 10.2 Å². The van der Waals surface area contributed by atoms with Gasteiger partial charge in [-0.25, -0.2) is 0 Å². The highest BCUT2D eigenvalue weighted by Gasteiger charge is 2.36. The zero-order valence-electron chi connectivity index (χ0n) is 12.3. The molecule has 1 N–H and O–H groups in total. The molecule has 0 aromatic carbocycles. The van der Waals surface area contributed by atoms with Crippen LogP contribution in [0.2, 0.25) is 0 Å². The average molecular weight is 262 g/mol. The topological polar surface area (TPSA) is 42.7 Å². The van der Waals surface area contributed by atoms with Crippen LogP contribution in [0, 0.1) is 6.92 Å². The van der Waals surface area contributed by atoms with E-state index in [2.05, 4.69) is 33.9 Å². The summed E-state index contributed by atoms with van der Waals surface area (Å²) in [5.41, 5.74) is 0.164. The van der Waals surface area contributed by atoms with Gasteiger partial charge in [-0.3, -0.25) is 0 Å². The lowest BCUT2D eigenvalue weighted by Gasteiger charge is -2.36. The average Bonchev–Trinajstić information content (AvgIpc) is 2.83. The molecule has 19 heavy (non-hydrogen) atoms. The molecule has 3 rings (SSSR count). The molecule has 2 aliphatic rings. The predicted molar refractivity (Wildman–Crippen MR) is 76.3 cm³/mol. The number of piperidine rings is 1. The summed E-state index contributed by atoms with van der Waals surface area (Å²) in [6, 6.07) is 0.637. The van der Waals surface area contributed by atoms with Crippen LogP contribution >= 0.6 is 0 Å². The van der Waals surface area contributed by atoms with Crippen LogP contribution in [0.4, 0.5) is 0 Å². The van der Waals surface area contributed by atoms with Crippen molar-refractivity contribution in [1.29, 1.82) is 0 Å². The lowest BCUT2D eigenvalue weighted by atomic mass is 9.81. The Morgan fingerprint density at radius 3 is 2.63 bits per heavy atom. The lowest BCUT2D eigenvalue weighted by molar-refractivity contribution is 0.279. The van der Waals surface area contributed by atoms with Crippen LogP contribution in [0.3, 0.4) is 0 Å². The molecule has 0 radical (unpaired) electrons. The third kappa shape index (κ3) is 2.42. The molecule has 4 nitrogen and oxygen atoms in total. The first-order valence-electron chi connectivity index (χ1n) is 7.83. The van der Waals surface area contributed by atoms with E-state index >= 15 is 0 Å². The largest absolute Gasteiger partial charge is 0.316 e. The third-order valence-corrected chi connectivity index (χ3v) is 4.94. The minimum atomic E-state index is 0.164. The van der Waals surface area contributed by atoms with E-state index in [0.29, 0.717) is 6.04 Å². The number of hydrogen-bond acceptors (Lipinski definition) is 3. The maximum Gasteiger partial charge on any atom is 0.140 e. The van der Waals surface area contributed by atoms with E-state index in [1.165, 1.54) is 50.8 Å². The fraction of sp³-hybridized carbons (Fsp3) is 0.867. The predicted octanol–water partition coefficient (Wildman–Crippen LogP) is 2.73. The summed E-state index contributed by atoms with van der Waals surface area (Å²) in [5, 5.41) is 12.5. The number of rotatable bonds is 2. The van der Waals surface area contributed by atoms with Gasteiger partial charge in [0.05, 0.1) is 0 Å². The molecule has 0 bridgehead atoms. The molecule has 1 aromatic heterocycles. The second kappa shape index (κ2) is 5.23. The molecule has 2 heterocycles. The second-order valence-corrected chi connectivity index (χ2v) is 6.57. The number of aryl methyl sites for hydroxylation is 1. The van der Waals surface area contributed by atoms with Gasteiger partial charge in [-0.05, 0) is 39.2 Å². The quantitative estimate of drug-likeness (QED) is 0.891. The molecule has 106 valence electrons. The molecule has 4 heteroatoms. The number of aromatic nitrogens is 3. The first kappa shape index (κ1) is 13.1. The molecular weight excluding hydrogens is 236 g/mol. The van der Waals surface area contributed by atoms with Crippen molar-refractivity contribution >= 4 is 0 Å². The Kier molecular flexibility index (Phi) is 3.61. The summed E-state index contributed by atoms with van der Waals surface area (Å²) in [6.07, 6.45) is 9.18. The van der Waals surface area contributed by atoms with Gasteiger partial charge >= 0.3 is 0 Å². The second-order valence-electron chi connectivity index (χ2n) is 6.57. The van der Waals surface area contributed by atoms with Gasteiger partial charge in [-0.1, -0.05) is 26.2 Å². The minimum absolute atomic E-state index is 0.164. The number of nitrogens with one attached hydrogen (secondary N) is 1. The van der Waals surface area contributed by atoms with Crippen molar-refractivity contribution in [2.45, 2.75) is 70.3 Å². The van der Waals surface area contributed by atoms with Crippen LogP contribution in [0.1, 0.15) is 69.6 Å². The Labute approximate surface area is 116 Å². The zero-order valence-corrected chi connectivity index (χ0v) is 12.3. The smallest absolute Gasteiger partial charge is 0.140 e. The Balaban J connectivity index is 1.92. The highest BCUT2D eigenvalue weighted by molar-refractivity contribution is 5.13. The van der Waals surface area contributed by atoms with E-state index in [4.69, 9.17) is 0 Å². The van der Waals surface area contributed by atoms with Crippen LogP contribution in [-0.4, -0.2) is 27.9 Å². The van der Waals surface area contributed by atoms with Gasteiger partial charge in [0, 0.05) is 18.0 Å². The molecule has 0 amide bonds. The standard InChI is InChI=1S/C15H26N4/c1-12-17-18-14(15(2)9-6-10-16-11-15)19(12)13-7-4-3-5-8-13/h13,16H,3-11H2,1-2H3. The van der Waals surface area contributed by atoms with Gasteiger partial charge < -0.3 is 9.88 Å². The van der Waals surface area contributed by atoms with Crippen molar-refractivity contribution in [2.24, 2.45) is 0 Å². The van der Waals surface area contributed by atoms with Crippen LogP contribution < -0.4 is 5.32 Å². The Morgan fingerprint density at radius 2 is 1.95 bits per heavy atom. The van der Waals surface area contributed by atoms with Crippen molar-refractivity contribution < 1.29 is 0 Å². The van der Waals surface area contributed by atoms with Crippen molar-refractivity contribution in [2.75, 3.05) is 13.1 Å². The van der Waals surface area contributed by atoms with Gasteiger partial charge in [0.2, 0.25) is 0 Å². The highest BCUT2D eigenvalue weighted by Crippen LogP contribution is 2.35. The molecule has 1 aliphatic heterocycles. The molecule has 1 saturated carbocycles. The first-order chi connectivity index (χ1) is 9.21. The molecule has 1 atom stereocenters. The molecular formula is C15H26N4. The maximum atomic E-state index is 4.56. The van der Waals surface area contributed by atoms with Crippen molar-refractivity contribution in [3.05, 3.63) is 11.6 Å². The number of hydrogen-bond donors (Lipinski definition) is 1. The van der Waals surface area contributed by atoms with E-state index in [1.807, 2.05) is 0 Å². The molecule has 1 aliphatic carbocycles. The van der Waals surface area contributed by atoms with Crippen LogP contribution in [0.5, 0.6) is 0 Å². The van der Waals surface area contributed by atoms with E-state index in [9.17, 15) is 0 Å². The summed E-state index contributed by atoms with van der Waals surface area (Å²) in [7, 11) is 0. The summed E-state index contributed by atoms with van der Waals surface area (Å²) < 4.78 is 2.46. The fourth-order valence-corrected chi connectivity index (χ4v) is 3.80. The van der Waals surface area contributed by atoms with Crippen molar-refractivity contribution in [1.82, 2.24) is 20.1 Å². The SMILES string of the molecule is Cc1nnc(C2(C)CCCNC2)n1C1CCCCC1. The zero-order chi connectivity index (χ0) is 13.3. The van der Waals surface area contributed by atoms with E-state index in [-0.39, 0.29) is 5.41 Å². The van der Waals surface area contributed by atoms with Gasteiger partial charge in [0.15, 0.2) is 0 Å². The van der Waals surface area contributed by atoms with Gasteiger partial charge in [-0.2, -0.15) is 0 Å². The lowest BCUT2D eigenvalue weighted by Crippen LogP contribution is -2.43. The highest BCUT2D eigenvalue weighted by atomic mass is 15.3. The van der Waals surface area contributed by atoms with Crippen molar-refractivity contribution in [3.63, 3.8) is 0 Å². The van der Waals surface area contributed by atoms with Crippen molar-refractivity contribution in [3.8, 4) is 0 Å². The van der Waals surface area contributed by atoms with E-state index < -0.39 is 0 Å². The molecule has 1 unspecified atom stereocenters. The Bertz CT molecular complexity index is 425. The number of nitrogens with zero attached hydrogens (tertiary/aromatic N) is 3. The minimum Gasteiger partial charge on any atom is -0.316 e. The fourth-order valence-electron chi connectivity index (χ4n) is 3.80.